The minimum Gasteiger partial charge on any atom is -0.391 e. The van der Waals surface area contributed by atoms with Gasteiger partial charge in [-0.2, -0.15) is 0 Å². The van der Waals surface area contributed by atoms with Crippen LogP contribution in [0.2, 0.25) is 0 Å². The fourth-order valence-corrected chi connectivity index (χ4v) is 4.34. The molecule has 0 unspecified atom stereocenters. The molecule has 0 spiro atoms. The third-order valence-corrected chi connectivity index (χ3v) is 6.99. The summed E-state index contributed by atoms with van der Waals surface area (Å²) in [5.74, 6) is 0.0793. The van der Waals surface area contributed by atoms with E-state index in [1.807, 2.05) is 45.0 Å². The van der Waals surface area contributed by atoms with Crippen LogP contribution < -0.4 is 16.4 Å². The van der Waals surface area contributed by atoms with Gasteiger partial charge in [0.05, 0.1) is 12.7 Å². The number of ether oxygens (including phenoxy) is 1. The topological polar surface area (TPSA) is 114 Å². The molecule has 0 saturated carbocycles. The highest BCUT2D eigenvalue weighted by molar-refractivity contribution is 5.95. The summed E-state index contributed by atoms with van der Waals surface area (Å²) in [4.78, 5) is 25.6. The van der Waals surface area contributed by atoms with Crippen molar-refractivity contribution >= 4 is 11.8 Å². The maximum atomic E-state index is 13.0. The van der Waals surface area contributed by atoms with Crippen molar-refractivity contribution in [3.63, 3.8) is 0 Å². The molecule has 1 aromatic rings. The molecule has 206 valence electrons. The van der Waals surface area contributed by atoms with Crippen molar-refractivity contribution in [1.29, 1.82) is 0 Å². The maximum absolute atomic E-state index is 13.0. The zero-order valence-corrected chi connectivity index (χ0v) is 23.4. The lowest BCUT2D eigenvalue weighted by atomic mass is 9.83. The van der Waals surface area contributed by atoms with Crippen LogP contribution in [0.5, 0.6) is 0 Å². The molecule has 0 aromatic heterocycles. The highest BCUT2D eigenvalue weighted by atomic mass is 16.5. The predicted molar refractivity (Wildman–Crippen MR) is 147 cm³/mol. The van der Waals surface area contributed by atoms with E-state index in [9.17, 15) is 14.7 Å². The Kier molecular flexibility index (Phi) is 15.6. The Morgan fingerprint density at radius 3 is 2.33 bits per heavy atom. The number of hydrogen-bond donors (Lipinski definition) is 4. The lowest BCUT2D eigenvalue weighted by Gasteiger charge is -2.30. The number of rotatable bonds is 18. The summed E-state index contributed by atoms with van der Waals surface area (Å²) < 4.78 is 5.45. The number of aliphatic hydroxyl groups excluding tert-OH is 1. The first-order chi connectivity index (χ1) is 17.1. The molecule has 0 aliphatic rings. The van der Waals surface area contributed by atoms with E-state index in [4.69, 9.17) is 10.5 Å². The van der Waals surface area contributed by atoms with Gasteiger partial charge in [-0.15, -0.1) is 0 Å². The summed E-state index contributed by atoms with van der Waals surface area (Å²) in [7, 11) is 0. The number of amides is 2. The van der Waals surface area contributed by atoms with Crippen LogP contribution in [-0.4, -0.2) is 55.4 Å². The van der Waals surface area contributed by atoms with Crippen LogP contribution in [0.1, 0.15) is 83.1 Å². The van der Waals surface area contributed by atoms with Crippen LogP contribution in [0, 0.1) is 23.7 Å². The zero-order valence-electron chi connectivity index (χ0n) is 23.4. The largest absolute Gasteiger partial charge is 0.391 e. The lowest BCUT2D eigenvalue weighted by Crippen LogP contribution is -2.44. The van der Waals surface area contributed by atoms with E-state index in [0.29, 0.717) is 51.1 Å². The molecule has 0 heterocycles. The SMILES string of the molecule is CCCCNC(=O)[C@@H](C[C@H](O)[C@@H](N)C[C@H](CNC(=O)c1ccccc1CCOCC)C(C)C)C(C)C. The van der Waals surface area contributed by atoms with Gasteiger partial charge in [0.1, 0.15) is 0 Å². The third kappa shape index (κ3) is 11.4. The quantitative estimate of drug-likeness (QED) is 0.226. The highest BCUT2D eigenvalue weighted by Crippen LogP contribution is 2.23. The molecule has 7 nitrogen and oxygen atoms in total. The normalized spacial score (nSPS) is 14.9. The first-order valence-corrected chi connectivity index (χ1v) is 13.8. The molecular formula is C29H51N3O4. The van der Waals surface area contributed by atoms with E-state index in [1.165, 1.54) is 0 Å². The molecule has 5 N–H and O–H groups in total. The minimum atomic E-state index is -0.787. The molecule has 36 heavy (non-hydrogen) atoms. The Morgan fingerprint density at radius 1 is 1.03 bits per heavy atom. The average molecular weight is 506 g/mol. The second-order valence-corrected chi connectivity index (χ2v) is 10.5. The van der Waals surface area contributed by atoms with Crippen LogP contribution in [0.15, 0.2) is 24.3 Å². The first kappa shape index (κ1) is 32.1. The zero-order chi connectivity index (χ0) is 27.1. The molecule has 7 heteroatoms. The number of carbonyl (C=O) groups excluding carboxylic acids is 2. The van der Waals surface area contributed by atoms with E-state index >= 15 is 0 Å². The van der Waals surface area contributed by atoms with E-state index in [-0.39, 0.29) is 35.5 Å². The molecule has 0 fully saturated rings. The second kappa shape index (κ2) is 17.5. The molecule has 0 radical (unpaired) electrons. The fraction of sp³-hybridized carbons (Fsp3) is 0.724. The van der Waals surface area contributed by atoms with E-state index in [0.717, 1.165) is 18.4 Å². The molecule has 0 aliphatic heterocycles. The van der Waals surface area contributed by atoms with Crippen LogP contribution in [0.4, 0.5) is 0 Å². The summed E-state index contributed by atoms with van der Waals surface area (Å²) in [5.41, 5.74) is 8.06. The smallest absolute Gasteiger partial charge is 0.251 e. The summed E-state index contributed by atoms with van der Waals surface area (Å²) in [6.07, 6.45) is 2.76. The number of benzene rings is 1. The molecule has 2 amide bonds. The molecule has 0 saturated heterocycles. The van der Waals surface area contributed by atoms with Gasteiger partial charge < -0.3 is 26.2 Å². The van der Waals surface area contributed by atoms with E-state index in [2.05, 4.69) is 31.4 Å². The van der Waals surface area contributed by atoms with Crippen LogP contribution in [0.25, 0.3) is 0 Å². The van der Waals surface area contributed by atoms with Crippen molar-refractivity contribution in [2.45, 2.75) is 85.8 Å². The van der Waals surface area contributed by atoms with Crippen molar-refractivity contribution in [1.82, 2.24) is 10.6 Å². The van der Waals surface area contributed by atoms with E-state index < -0.39 is 12.1 Å². The third-order valence-electron chi connectivity index (χ3n) is 6.99. The van der Waals surface area contributed by atoms with Gasteiger partial charge in [-0.05, 0) is 62.0 Å². The van der Waals surface area contributed by atoms with Gasteiger partial charge in [-0.3, -0.25) is 9.59 Å². The Morgan fingerprint density at radius 2 is 1.72 bits per heavy atom. The average Bonchev–Trinajstić information content (AvgIpc) is 2.84. The standard InChI is InChI=1S/C29H51N3O4/c1-7-9-15-31-29(35)25(21(5)6)18-27(33)26(30)17-23(20(3)4)19-32-28(34)24-13-11-10-12-22(24)14-16-36-8-2/h10-13,20-21,23,25-27,33H,7-9,14-19,30H2,1-6H3,(H,31,35)(H,32,34)/t23-,25+,26+,27+/m1/s1. The minimum absolute atomic E-state index is 0.0135. The van der Waals surface area contributed by atoms with Crippen LogP contribution >= 0.6 is 0 Å². The molecule has 1 aromatic carbocycles. The van der Waals surface area contributed by atoms with Crippen molar-refractivity contribution in [3.05, 3.63) is 35.4 Å². The summed E-state index contributed by atoms with van der Waals surface area (Å²) in [6, 6.07) is 7.13. The van der Waals surface area contributed by atoms with Gasteiger partial charge >= 0.3 is 0 Å². The molecule has 4 atom stereocenters. The molecular weight excluding hydrogens is 454 g/mol. The molecule has 1 rings (SSSR count). The number of hydrogen-bond acceptors (Lipinski definition) is 5. The molecule has 0 bridgehead atoms. The van der Waals surface area contributed by atoms with Crippen molar-refractivity contribution < 1.29 is 19.4 Å². The number of nitrogens with two attached hydrogens (primary N) is 1. The van der Waals surface area contributed by atoms with Crippen molar-refractivity contribution in [2.75, 3.05) is 26.3 Å². The number of carbonyl (C=O) groups is 2. The number of aliphatic hydroxyl groups is 1. The number of unbranched alkanes of at least 4 members (excludes halogenated alkanes) is 1. The van der Waals surface area contributed by atoms with Gasteiger partial charge in [0, 0.05) is 37.2 Å². The summed E-state index contributed by atoms with van der Waals surface area (Å²) in [6.45, 7) is 14.6. The Hall–Kier alpha value is -1.96. The fourth-order valence-electron chi connectivity index (χ4n) is 4.34. The summed E-state index contributed by atoms with van der Waals surface area (Å²) >= 11 is 0. The van der Waals surface area contributed by atoms with Crippen molar-refractivity contribution in [2.24, 2.45) is 29.4 Å². The Bertz CT molecular complexity index is 769. The van der Waals surface area contributed by atoms with Crippen LogP contribution in [0.3, 0.4) is 0 Å². The molecule has 0 aliphatic carbocycles. The van der Waals surface area contributed by atoms with Gasteiger partial charge in [-0.25, -0.2) is 0 Å². The number of nitrogens with one attached hydrogen (secondary N) is 2. The monoisotopic (exact) mass is 505 g/mol. The Labute approximate surface area is 218 Å². The predicted octanol–water partition coefficient (Wildman–Crippen LogP) is 3.92. The van der Waals surface area contributed by atoms with E-state index in [1.54, 1.807) is 0 Å². The summed E-state index contributed by atoms with van der Waals surface area (Å²) in [5, 5.41) is 16.9. The van der Waals surface area contributed by atoms with Crippen molar-refractivity contribution in [3.8, 4) is 0 Å². The van der Waals surface area contributed by atoms with Gasteiger partial charge in [-0.1, -0.05) is 59.2 Å². The lowest BCUT2D eigenvalue weighted by molar-refractivity contribution is -0.127. The second-order valence-electron chi connectivity index (χ2n) is 10.5. The highest BCUT2D eigenvalue weighted by Gasteiger charge is 2.29. The van der Waals surface area contributed by atoms with Crippen LogP contribution in [-0.2, 0) is 16.0 Å². The van der Waals surface area contributed by atoms with Gasteiger partial charge in [0.15, 0.2) is 0 Å². The van der Waals surface area contributed by atoms with Gasteiger partial charge in [0.25, 0.3) is 5.91 Å². The Balaban J connectivity index is 2.72. The van der Waals surface area contributed by atoms with Gasteiger partial charge in [0.2, 0.25) is 5.91 Å². The maximum Gasteiger partial charge on any atom is 0.251 e. The first-order valence-electron chi connectivity index (χ1n) is 13.8.